The summed E-state index contributed by atoms with van der Waals surface area (Å²) in [5.74, 6) is 1.06. The van der Waals surface area contributed by atoms with Gasteiger partial charge in [0.1, 0.15) is 5.75 Å². The molecule has 2 aromatic rings. The van der Waals surface area contributed by atoms with Crippen molar-refractivity contribution in [2.24, 2.45) is 5.92 Å². The van der Waals surface area contributed by atoms with Crippen LogP contribution in [0.5, 0.6) is 5.75 Å². The molecule has 0 fully saturated rings. The summed E-state index contributed by atoms with van der Waals surface area (Å²) < 4.78 is 10.6. The van der Waals surface area contributed by atoms with Crippen molar-refractivity contribution in [2.45, 2.75) is 19.8 Å². The van der Waals surface area contributed by atoms with Gasteiger partial charge in [-0.25, -0.2) is 4.79 Å². The molecule has 1 atom stereocenters. The van der Waals surface area contributed by atoms with Crippen LogP contribution in [0.2, 0.25) is 0 Å². The Morgan fingerprint density at radius 2 is 1.97 bits per heavy atom. The van der Waals surface area contributed by atoms with Crippen LogP contribution in [0.25, 0.3) is 11.6 Å². The third-order valence-corrected chi connectivity index (χ3v) is 5.30. The monoisotopic (exact) mass is 405 g/mol. The second-order valence-corrected chi connectivity index (χ2v) is 7.89. The molecule has 0 heterocycles. The van der Waals surface area contributed by atoms with E-state index in [0.717, 1.165) is 30.7 Å². The molecule has 158 valence electrons. The molecule has 3 rings (SSSR count). The van der Waals surface area contributed by atoms with Crippen LogP contribution in [0.1, 0.15) is 41.3 Å². The molecular formula is C26H31NO3. The summed E-state index contributed by atoms with van der Waals surface area (Å²) in [4.78, 5) is 14.3. The minimum Gasteiger partial charge on any atom is -0.497 e. The summed E-state index contributed by atoms with van der Waals surface area (Å²) >= 11 is 0. The van der Waals surface area contributed by atoms with Gasteiger partial charge >= 0.3 is 5.97 Å². The highest BCUT2D eigenvalue weighted by Crippen LogP contribution is 2.37. The predicted molar refractivity (Wildman–Crippen MR) is 123 cm³/mol. The maximum atomic E-state index is 12.1. The van der Waals surface area contributed by atoms with E-state index in [1.807, 2.05) is 37.3 Å². The summed E-state index contributed by atoms with van der Waals surface area (Å²) in [6.45, 7) is 3.21. The first-order valence-corrected chi connectivity index (χ1v) is 10.5. The number of carbonyl (C=O) groups is 1. The third kappa shape index (κ3) is 5.61. The molecule has 0 bridgehead atoms. The summed E-state index contributed by atoms with van der Waals surface area (Å²) in [5, 5.41) is 0. The van der Waals surface area contributed by atoms with Crippen molar-refractivity contribution < 1.29 is 14.3 Å². The second kappa shape index (κ2) is 10.3. The number of ether oxygens (including phenoxy) is 2. The largest absolute Gasteiger partial charge is 0.497 e. The van der Waals surface area contributed by atoms with Gasteiger partial charge in [-0.2, -0.15) is 0 Å². The number of hydrogen-bond donors (Lipinski definition) is 0. The highest BCUT2D eigenvalue weighted by molar-refractivity contribution is 5.90. The van der Waals surface area contributed by atoms with Crippen LogP contribution < -0.4 is 4.74 Å². The molecule has 0 amide bonds. The van der Waals surface area contributed by atoms with E-state index in [0.29, 0.717) is 18.1 Å². The molecule has 0 radical (unpaired) electrons. The lowest BCUT2D eigenvalue weighted by atomic mass is 9.81. The zero-order valence-electron chi connectivity index (χ0n) is 18.4. The zero-order valence-corrected chi connectivity index (χ0v) is 18.4. The average Bonchev–Trinajstić information content (AvgIpc) is 2.75. The Hall–Kier alpha value is -2.85. The van der Waals surface area contributed by atoms with Crippen LogP contribution in [0.15, 0.2) is 60.2 Å². The Morgan fingerprint density at radius 1 is 1.17 bits per heavy atom. The van der Waals surface area contributed by atoms with Gasteiger partial charge in [-0.3, -0.25) is 0 Å². The molecule has 4 nitrogen and oxygen atoms in total. The molecule has 1 aliphatic carbocycles. The van der Waals surface area contributed by atoms with Crippen LogP contribution in [0, 0.1) is 5.92 Å². The number of rotatable bonds is 7. The van der Waals surface area contributed by atoms with Crippen LogP contribution in [-0.2, 0) is 4.74 Å². The summed E-state index contributed by atoms with van der Waals surface area (Å²) in [5.41, 5.74) is 5.41. The molecule has 1 aliphatic rings. The number of benzene rings is 2. The van der Waals surface area contributed by atoms with Gasteiger partial charge in [-0.15, -0.1) is 0 Å². The summed E-state index contributed by atoms with van der Waals surface area (Å²) in [6, 6.07) is 15.9. The quantitative estimate of drug-likeness (QED) is 0.585. The first-order valence-electron chi connectivity index (χ1n) is 10.5. The minimum absolute atomic E-state index is 0.278. The van der Waals surface area contributed by atoms with E-state index in [9.17, 15) is 4.79 Å². The fourth-order valence-corrected chi connectivity index (χ4v) is 3.94. The molecule has 0 spiro atoms. The number of allylic oxidation sites excluding steroid dienone is 2. The predicted octanol–water partition coefficient (Wildman–Crippen LogP) is 5.31. The Balaban J connectivity index is 1.95. The van der Waals surface area contributed by atoms with Crippen LogP contribution >= 0.6 is 0 Å². The van der Waals surface area contributed by atoms with Gasteiger partial charge in [0, 0.05) is 6.54 Å². The first kappa shape index (κ1) is 21.8. The van der Waals surface area contributed by atoms with Gasteiger partial charge in [0.2, 0.25) is 0 Å². The van der Waals surface area contributed by atoms with E-state index in [-0.39, 0.29) is 5.97 Å². The van der Waals surface area contributed by atoms with Gasteiger partial charge in [-0.05, 0) is 86.3 Å². The molecule has 4 heteroatoms. The number of methoxy groups -OCH3 is 1. The first-order chi connectivity index (χ1) is 14.5. The molecule has 30 heavy (non-hydrogen) atoms. The molecule has 0 saturated heterocycles. The van der Waals surface area contributed by atoms with Gasteiger partial charge in [-0.1, -0.05) is 36.4 Å². The van der Waals surface area contributed by atoms with E-state index < -0.39 is 0 Å². The number of nitrogens with zero attached hydrogens (tertiary/aromatic N) is 1. The fourth-order valence-electron chi connectivity index (χ4n) is 3.94. The van der Waals surface area contributed by atoms with Gasteiger partial charge in [0.15, 0.2) is 0 Å². The standard InChI is InChI=1S/C26H31NO3/c1-5-30-26(28)22-10-6-8-19(15-22)14-20-12-13-23(18-27(2)3)25(16-20)21-9-7-11-24(17-21)29-4/h6-11,14-17,23H,5,12-13,18H2,1-4H3/b20-14+. The number of carbonyl (C=O) groups excluding carboxylic acids is 1. The Bertz CT molecular complexity index is 943. The van der Waals surface area contributed by atoms with Crippen LogP contribution in [-0.4, -0.2) is 45.2 Å². The Kier molecular flexibility index (Phi) is 7.47. The second-order valence-electron chi connectivity index (χ2n) is 7.89. The summed E-state index contributed by atoms with van der Waals surface area (Å²) in [7, 11) is 5.94. The minimum atomic E-state index is -0.278. The van der Waals surface area contributed by atoms with Crippen molar-refractivity contribution >= 4 is 17.6 Å². The van der Waals surface area contributed by atoms with Crippen molar-refractivity contribution in [3.05, 3.63) is 76.9 Å². The maximum absolute atomic E-state index is 12.1. The van der Waals surface area contributed by atoms with Crippen LogP contribution in [0.4, 0.5) is 0 Å². The SMILES string of the molecule is CCOC(=O)c1cccc(/C=C2/C=C(c3cccc(OC)c3)C(CN(C)C)CC2)c1. The van der Waals surface area contributed by atoms with Crippen molar-refractivity contribution in [3.63, 3.8) is 0 Å². The lowest BCUT2D eigenvalue weighted by Crippen LogP contribution is -2.24. The van der Waals surface area contributed by atoms with E-state index >= 15 is 0 Å². The van der Waals surface area contributed by atoms with E-state index in [1.54, 1.807) is 13.2 Å². The topological polar surface area (TPSA) is 38.8 Å². The zero-order chi connectivity index (χ0) is 21.5. The lowest BCUT2D eigenvalue weighted by molar-refractivity contribution is 0.0526. The Labute approximate surface area is 179 Å². The highest BCUT2D eigenvalue weighted by atomic mass is 16.5. The van der Waals surface area contributed by atoms with E-state index in [1.165, 1.54) is 16.7 Å². The Morgan fingerprint density at radius 3 is 2.70 bits per heavy atom. The average molecular weight is 406 g/mol. The molecule has 0 aromatic heterocycles. The van der Waals surface area contributed by atoms with Gasteiger partial charge < -0.3 is 14.4 Å². The molecule has 0 aliphatic heterocycles. The lowest BCUT2D eigenvalue weighted by Gasteiger charge is -2.28. The molecule has 2 aromatic carbocycles. The smallest absolute Gasteiger partial charge is 0.338 e. The van der Waals surface area contributed by atoms with Gasteiger partial charge in [0.05, 0.1) is 19.3 Å². The fraction of sp³-hybridized carbons (Fsp3) is 0.346. The normalized spacial score (nSPS) is 17.7. The van der Waals surface area contributed by atoms with E-state index in [2.05, 4.69) is 43.3 Å². The van der Waals surface area contributed by atoms with Crippen molar-refractivity contribution in [2.75, 3.05) is 34.4 Å². The molecular weight excluding hydrogens is 374 g/mol. The highest BCUT2D eigenvalue weighted by Gasteiger charge is 2.22. The van der Waals surface area contributed by atoms with Crippen molar-refractivity contribution in [1.29, 1.82) is 0 Å². The number of esters is 1. The number of hydrogen-bond acceptors (Lipinski definition) is 4. The van der Waals surface area contributed by atoms with Crippen molar-refractivity contribution in [3.8, 4) is 5.75 Å². The maximum Gasteiger partial charge on any atom is 0.338 e. The molecule has 0 saturated carbocycles. The summed E-state index contributed by atoms with van der Waals surface area (Å²) in [6.07, 6.45) is 6.58. The molecule has 1 unspecified atom stereocenters. The van der Waals surface area contributed by atoms with E-state index in [4.69, 9.17) is 9.47 Å². The molecule has 0 N–H and O–H groups in total. The third-order valence-electron chi connectivity index (χ3n) is 5.30. The van der Waals surface area contributed by atoms with Gasteiger partial charge in [0.25, 0.3) is 0 Å². The van der Waals surface area contributed by atoms with Crippen molar-refractivity contribution in [1.82, 2.24) is 4.90 Å². The van der Waals surface area contributed by atoms with Crippen LogP contribution in [0.3, 0.4) is 0 Å².